The highest BCUT2D eigenvalue weighted by molar-refractivity contribution is 7.78. The lowest BCUT2D eigenvalue weighted by Gasteiger charge is -2.49. The number of isothiocyanates is 1. The van der Waals surface area contributed by atoms with Gasteiger partial charge in [-0.2, -0.15) is 5.26 Å². The van der Waals surface area contributed by atoms with Gasteiger partial charge in [-0.1, -0.05) is 38.5 Å². The van der Waals surface area contributed by atoms with Gasteiger partial charge in [-0.25, -0.2) is 4.99 Å². The van der Waals surface area contributed by atoms with Gasteiger partial charge in [0.25, 0.3) is 0 Å². The van der Waals surface area contributed by atoms with E-state index in [9.17, 15) is 5.11 Å². The predicted molar refractivity (Wildman–Crippen MR) is 144 cm³/mol. The molecule has 5 heteroatoms. The van der Waals surface area contributed by atoms with E-state index < -0.39 is 0 Å². The maximum Gasteiger partial charge on any atom is 0.127 e. The SMILES string of the molecule is CC1(C)Oc2cc(C3(CCCCCCCC#N)CCCC3)cc(O)c2[C@@H]2C[C@H](CN=C=S)CC[C@H]21. The molecule has 0 saturated heterocycles. The van der Waals surface area contributed by atoms with E-state index in [4.69, 9.17) is 22.2 Å². The van der Waals surface area contributed by atoms with Gasteiger partial charge in [-0.3, -0.25) is 0 Å². The second kappa shape index (κ2) is 11.4. The summed E-state index contributed by atoms with van der Waals surface area (Å²) in [7, 11) is 0. The van der Waals surface area contributed by atoms with Crippen molar-refractivity contribution in [1.29, 1.82) is 5.26 Å². The molecule has 0 bridgehead atoms. The minimum atomic E-state index is -0.243. The van der Waals surface area contributed by atoms with Crippen LogP contribution in [0.4, 0.5) is 0 Å². The predicted octanol–water partition coefficient (Wildman–Crippen LogP) is 8.23. The lowest BCUT2D eigenvalue weighted by Crippen LogP contribution is -2.47. The third-order valence-electron chi connectivity index (χ3n) is 9.25. The third kappa shape index (κ3) is 5.76. The summed E-state index contributed by atoms with van der Waals surface area (Å²) in [5.74, 6) is 2.54. The average molecular weight is 495 g/mol. The standard InChI is InChI=1S/C30H42N2O2S/c1-29(2)25-12-11-22(20-32-21-35)17-24(25)28-26(33)18-23(19-27(28)34-29)30(14-8-9-15-30)13-7-5-3-4-6-10-16-31/h18-19,22,24-25,33H,3-15,17,20H2,1-2H3/t22-,24-,25-/m1/s1. The molecule has 0 radical (unpaired) electrons. The van der Waals surface area contributed by atoms with Crippen molar-refractivity contribution in [3.63, 3.8) is 0 Å². The monoisotopic (exact) mass is 494 g/mol. The van der Waals surface area contributed by atoms with Crippen LogP contribution in [0.2, 0.25) is 0 Å². The number of phenolic OH excluding ortho intramolecular Hbond substituents is 1. The van der Waals surface area contributed by atoms with Crippen LogP contribution in [-0.2, 0) is 5.41 Å². The molecular weight excluding hydrogens is 452 g/mol. The molecule has 2 fully saturated rings. The van der Waals surface area contributed by atoms with E-state index in [1.165, 1.54) is 56.9 Å². The number of phenols is 1. The van der Waals surface area contributed by atoms with Gasteiger partial charge < -0.3 is 9.84 Å². The van der Waals surface area contributed by atoms with E-state index >= 15 is 0 Å². The number of hydrogen-bond donors (Lipinski definition) is 1. The summed E-state index contributed by atoms with van der Waals surface area (Å²) in [6.07, 6.45) is 15.8. The zero-order valence-electron chi connectivity index (χ0n) is 21.7. The summed E-state index contributed by atoms with van der Waals surface area (Å²) in [6, 6.07) is 6.64. The lowest BCUT2D eigenvalue weighted by atomic mass is 9.63. The Morgan fingerprint density at radius 1 is 1.11 bits per heavy atom. The van der Waals surface area contributed by atoms with Crippen LogP contribution in [0, 0.1) is 23.2 Å². The van der Waals surface area contributed by atoms with Crippen molar-refractivity contribution >= 4 is 17.4 Å². The maximum absolute atomic E-state index is 11.4. The second-order valence-electron chi connectivity index (χ2n) is 11.9. The van der Waals surface area contributed by atoms with Crippen LogP contribution >= 0.6 is 12.2 Å². The van der Waals surface area contributed by atoms with Crippen LogP contribution in [-0.4, -0.2) is 22.4 Å². The fourth-order valence-electron chi connectivity index (χ4n) is 7.41. The number of hydrogen-bond acceptors (Lipinski definition) is 5. The van der Waals surface area contributed by atoms with Gasteiger partial charge in [0, 0.05) is 17.9 Å². The zero-order chi connectivity index (χ0) is 24.9. The zero-order valence-corrected chi connectivity index (χ0v) is 22.5. The molecule has 0 spiro atoms. The van der Waals surface area contributed by atoms with Gasteiger partial charge in [0.2, 0.25) is 0 Å². The highest BCUT2D eigenvalue weighted by Gasteiger charge is 2.48. The molecule has 0 unspecified atom stereocenters. The van der Waals surface area contributed by atoms with Crippen molar-refractivity contribution in [1.82, 2.24) is 0 Å². The summed E-state index contributed by atoms with van der Waals surface area (Å²) in [5.41, 5.74) is 2.22. The van der Waals surface area contributed by atoms with Gasteiger partial charge in [0.05, 0.1) is 17.8 Å². The molecule has 190 valence electrons. The van der Waals surface area contributed by atoms with Crippen molar-refractivity contribution in [2.75, 3.05) is 6.54 Å². The molecule has 2 saturated carbocycles. The van der Waals surface area contributed by atoms with Gasteiger partial charge in [-0.15, -0.1) is 0 Å². The molecule has 2 aliphatic carbocycles. The number of nitriles is 1. The Hall–Kier alpha value is -1.89. The highest BCUT2D eigenvalue weighted by Crippen LogP contribution is 2.57. The van der Waals surface area contributed by atoms with Crippen molar-refractivity contribution in [3.05, 3.63) is 23.3 Å². The number of rotatable bonds is 10. The number of aromatic hydroxyl groups is 1. The summed E-state index contributed by atoms with van der Waals surface area (Å²) in [6.45, 7) is 5.19. The molecule has 1 aromatic rings. The minimum absolute atomic E-state index is 0.159. The molecule has 3 aliphatic rings. The summed E-state index contributed by atoms with van der Waals surface area (Å²) in [5, 5.41) is 22.7. The first-order chi connectivity index (χ1) is 16.9. The Kier molecular flexibility index (Phi) is 8.56. The first kappa shape index (κ1) is 26.2. The Labute approximate surface area is 217 Å². The lowest BCUT2D eigenvalue weighted by molar-refractivity contribution is -0.0153. The Balaban J connectivity index is 1.55. The summed E-state index contributed by atoms with van der Waals surface area (Å²) < 4.78 is 6.67. The van der Waals surface area contributed by atoms with Gasteiger partial charge >= 0.3 is 0 Å². The number of nitrogens with zero attached hydrogens (tertiary/aromatic N) is 2. The van der Waals surface area contributed by atoms with Crippen molar-refractivity contribution < 1.29 is 9.84 Å². The molecular formula is C30H42N2O2S. The maximum atomic E-state index is 11.4. The minimum Gasteiger partial charge on any atom is -0.508 e. The Morgan fingerprint density at radius 3 is 2.60 bits per heavy atom. The smallest absolute Gasteiger partial charge is 0.127 e. The third-order valence-corrected chi connectivity index (χ3v) is 9.38. The number of unbranched alkanes of at least 4 members (excludes halogenated alkanes) is 5. The van der Waals surface area contributed by atoms with Crippen molar-refractivity contribution in [3.8, 4) is 17.6 Å². The molecule has 3 atom stereocenters. The van der Waals surface area contributed by atoms with Crippen LogP contribution in [0.1, 0.15) is 121 Å². The number of ether oxygens (including phenoxy) is 1. The Bertz CT molecular complexity index is 969. The van der Waals surface area contributed by atoms with Gasteiger partial charge in [0.15, 0.2) is 0 Å². The van der Waals surface area contributed by atoms with Crippen molar-refractivity contribution in [2.24, 2.45) is 16.8 Å². The molecule has 4 nitrogen and oxygen atoms in total. The quantitative estimate of drug-likeness (QED) is 0.202. The molecule has 1 aromatic carbocycles. The van der Waals surface area contributed by atoms with E-state index in [0.717, 1.165) is 50.0 Å². The van der Waals surface area contributed by atoms with Crippen LogP contribution in [0.15, 0.2) is 17.1 Å². The number of aliphatic imine (C=N–C) groups is 1. The second-order valence-corrected chi connectivity index (χ2v) is 12.0. The van der Waals surface area contributed by atoms with Gasteiger partial charge in [0.1, 0.15) is 17.1 Å². The summed E-state index contributed by atoms with van der Waals surface area (Å²) in [4.78, 5) is 4.24. The number of thiocarbonyl (C=S) groups is 1. The molecule has 0 aromatic heterocycles. The van der Waals surface area contributed by atoms with Crippen LogP contribution in [0.25, 0.3) is 0 Å². The average Bonchev–Trinajstić information content (AvgIpc) is 3.31. The topological polar surface area (TPSA) is 65.6 Å². The molecule has 1 N–H and O–H groups in total. The van der Waals surface area contributed by atoms with Crippen LogP contribution in [0.3, 0.4) is 0 Å². The fraction of sp³-hybridized carbons (Fsp3) is 0.733. The molecule has 4 rings (SSSR count). The molecule has 1 aliphatic heterocycles. The largest absolute Gasteiger partial charge is 0.508 e. The number of fused-ring (bicyclic) bond motifs is 3. The Morgan fingerprint density at radius 2 is 1.86 bits per heavy atom. The first-order valence-corrected chi connectivity index (χ1v) is 14.3. The van der Waals surface area contributed by atoms with Crippen LogP contribution in [0.5, 0.6) is 11.5 Å². The fourth-order valence-corrected chi connectivity index (χ4v) is 7.48. The van der Waals surface area contributed by atoms with Crippen molar-refractivity contribution in [2.45, 2.75) is 121 Å². The van der Waals surface area contributed by atoms with E-state index in [1.54, 1.807) is 0 Å². The van der Waals surface area contributed by atoms with E-state index in [1.807, 2.05) is 0 Å². The normalized spacial score (nSPS) is 26.0. The summed E-state index contributed by atoms with van der Waals surface area (Å²) >= 11 is 4.81. The van der Waals surface area contributed by atoms with Gasteiger partial charge in [-0.05, 0) is 106 Å². The molecule has 1 heterocycles. The van der Waals surface area contributed by atoms with E-state index in [-0.39, 0.29) is 11.0 Å². The highest BCUT2D eigenvalue weighted by atomic mass is 32.1. The molecule has 0 amide bonds. The number of benzene rings is 1. The van der Waals surface area contributed by atoms with E-state index in [0.29, 0.717) is 29.9 Å². The first-order valence-electron chi connectivity index (χ1n) is 13.9. The van der Waals surface area contributed by atoms with Crippen LogP contribution < -0.4 is 4.74 Å². The van der Waals surface area contributed by atoms with E-state index in [2.05, 4.69) is 42.2 Å². The molecule has 35 heavy (non-hydrogen) atoms.